The van der Waals surface area contributed by atoms with Crippen LogP contribution in [-0.2, 0) is 6.61 Å². The first kappa shape index (κ1) is 27.5. The molecular formula is C27H24Br2N4O5. The number of halogens is 2. The van der Waals surface area contributed by atoms with Crippen molar-refractivity contribution < 1.29 is 14.4 Å². The van der Waals surface area contributed by atoms with Crippen molar-refractivity contribution in [3.05, 3.63) is 101 Å². The second-order valence-electron chi connectivity index (χ2n) is 8.62. The van der Waals surface area contributed by atoms with Crippen LogP contribution in [0.5, 0.6) is 11.5 Å². The Morgan fingerprint density at radius 2 is 1.84 bits per heavy atom. The Bertz CT molecular complexity index is 1580. The molecule has 0 unspecified atom stereocenters. The van der Waals surface area contributed by atoms with Crippen molar-refractivity contribution in [1.29, 1.82) is 0 Å². The molecule has 4 rings (SSSR count). The van der Waals surface area contributed by atoms with E-state index in [4.69, 9.17) is 9.47 Å². The normalized spacial score (nSPS) is 11.4. The van der Waals surface area contributed by atoms with E-state index in [0.29, 0.717) is 44.9 Å². The monoisotopic (exact) mass is 642 g/mol. The van der Waals surface area contributed by atoms with Crippen LogP contribution < -0.4 is 15.0 Å². The van der Waals surface area contributed by atoms with E-state index in [0.717, 1.165) is 10.0 Å². The molecule has 1 aromatic heterocycles. The number of nitrogens with zero attached hydrogens (tertiary/aromatic N) is 4. The Kier molecular flexibility index (Phi) is 8.58. The van der Waals surface area contributed by atoms with Gasteiger partial charge in [-0.1, -0.05) is 29.8 Å². The number of nitro benzene ring substituents is 1. The number of hydrogen-bond acceptors (Lipinski definition) is 7. The maximum Gasteiger partial charge on any atom is 0.282 e. The summed E-state index contributed by atoms with van der Waals surface area (Å²) in [6.07, 6.45) is 1.58. The first-order chi connectivity index (χ1) is 18.2. The summed E-state index contributed by atoms with van der Waals surface area (Å²) >= 11 is 6.96. The molecule has 0 aliphatic rings. The van der Waals surface area contributed by atoms with Gasteiger partial charge in [0.2, 0.25) is 0 Å². The van der Waals surface area contributed by atoms with Gasteiger partial charge in [0.1, 0.15) is 12.4 Å². The van der Waals surface area contributed by atoms with Gasteiger partial charge in [-0.2, -0.15) is 9.78 Å². The second-order valence-corrected chi connectivity index (χ2v) is 10.4. The van der Waals surface area contributed by atoms with Crippen LogP contribution in [-0.4, -0.2) is 27.4 Å². The Labute approximate surface area is 235 Å². The van der Waals surface area contributed by atoms with Crippen molar-refractivity contribution >= 4 is 54.7 Å². The average Bonchev–Trinajstić information content (AvgIpc) is 2.88. The van der Waals surface area contributed by atoms with E-state index in [9.17, 15) is 14.9 Å². The first-order valence-corrected chi connectivity index (χ1v) is 13.4. The standard InChI is InChI=1S/C27H24Br2N4O5/c1-4-37-24-12-18(11-22(29)25(24)38-15-17-5-8-20(9-6-17)33(35)36)14-30-32-26(16(2)3)31-23-10-7-19(28)13-21(23)27(32)34/h5-14,16H,4,15H2,1-3H3. The van der Waals surface area contributed by atoms with Gasteiger partial charge >= 0.3 is 0 Å². The third kappa shape index (κ3) is 6.11. The fraction of sp³-hybridized carbons (Fsp3) is 0.222. The quantitative estimate of drug-likeness (QED) is 0.113. The summed E-state index contributed by atoms with van der Waals surface area (Å²) in [5.74, 6) is 1.49. The fourth-order valence-corrected chi connectivity index (χ4v) is 4.65. The predicted octanol–water partition coefficient (Wildman–Crippen LogP) is 6.81. The molecule has 0 N–H and O–H groups in total. The van der Waals surface area contributed by atoms with E-state index < -0.39 is 4.92 Å². The highest BCUT2D eigenvalue weighted by atomic mass is 79.9. The van der Waals surface area contributed by atoms with Gasteiger partial charge < -0.3 is 9.47 Å². The number of fused-ring (bicyclic) bond motifs is 1. The Balaban J connectivity index is 1.66. The molecule has 11 heteroatoms. The average molecular weight is 644 g/mol. The zero-order valence-corrected chi connectivity index (χ0v) is 24.0. The molecule has 196 valence electrons. The van der Waals surface area contributed by atoms with Gasteiger partial charge in [-0.3, -0.25) is 14.9 Å². The van der Waals surface area contributed by atoms with Crippen LogP contribution in [0.25, 0.3) is 10.9 Å². The van der Waals surface area contributed by atoms with Crippen molar-refractivity contribution in [2.45, 2.75) is 33.3 Å². The van der Waals surface area contributed by atoms with E-state index in [2.05, 4.69) is 41.9 Å². The maximum atomic E-state index is 13.3. The van der Waals surface area contributed by atoms with Crippen LogP contribution >= 0.6 is 31.9 Å². The zero-order valence-electron chi connectivity index (χ0n) is 20.9. The SMILES string of the molecule is CCOc1cc(C=Nn2c(C(C)C)nc3ccc(Br)cc3c2=O)cc(Br)c1OCc1ccc([N+](=O)[O-])cc1. The number of hydrogen-bond donors (Lipinski definition) is 0. The molecule has 0 amide bonds. The maximum absolute atomic E-state index is 13.3. The van der Waals surface area contributed by atoms with Crippen molar-refractivity contribution in [3.8, 4) is 11.5 Å². The molecule has 0 spiro atoms. The van der Waals surface area contributed by atoms with Crippen molar-refractivity contribution in [2.24, 2.45) is 5.10 Å². The highest BCUT2D eigenvalue weighted by molar-refractivity contribution is 9.10. The van der Waals surface area contributed by atoms with Crippen LogP contribution in [0.15, 0.2) is 73.4 Å². The van der Waals surface area contributed by atoms with Crippen molar-refractivity contribution in [3.63, 3.8) is 0 Å². The van der Waals surface area contributed by atoms with E-state index in [-0.39, 0.29) is 23.8 Å². The van der Waals surface area contributed by atoms with Crippen LogP contribution in [0.1, 0.15) is 43.6 Å². The largest absolute Gasteiger partial charge is 0.490 e. The van der Waals surface area contributed by atoms with Crippen LogP contribution in [0.3, 0.4) is 0 Å². The van der Waals surface area contributed by atoms with Gasteiger partial charge in [0.25, 0.3) is 11.2 Å². The predicted molar refractivity (Wildman–Crippen MR) is 154 cm³/mol. The smallest absolute Gasteiger partial charge is 0.282 e. The molecule has 9 nitrogen and oxygen atoms in total. The lowest BCUT2D eigenvalue weighted by Crippen LogP contribution is -2.23. The van der Waals surface area contributed by atoms with Gasteiger partial charge in [0.05, 0.1) is 33.1 Å². The molecular weight excluding hydrogens is 620 g/mol. The first-order valence-electron chi connectivity index (χ1n) is 11.8. The molecule has 0 aliphatic carbocycles. The van der Waals surface area contributed by atoms with Gasteiger partial charge in [-0.05, 0) is 76.4 Å². The lowest BCUT2D eigenvalue weighted by Gasteiger charge is -2.15. The second kappa shape index (κ2) is 11.9. The molecule has 38 heavy (non-hydrogen) atoms. The third-order valence-electron chi connectivity index (χ3n) is 5.53. The summed E-state index contributed by atoms with van der Waals surface area (Å²) in [6.45, 7) is 6.37. The molecule has 1 heterocycles. The minimum Gasteiger partial charge on any atom is -0.490 e. The topological polar surface area (TPSA) is 109 Å². The minimum absolute atomic E-state index is 0.0163. The van der Waals surface area contributed by atoms with Crippen LogP contribution in [0, 0.1) is 10.1 Å². The lowest BCUT2D eigenvalue weighted by molar-refractivity contribution is -0.384. The van der Waals surface area contributed by atoms with Gasteiger partial charge in [-0.25, -0.2) is 4.98 Å². The number of aromatic nitrogens is 2. The summed E-state index contributed by atoms with van der Waals surface area (Å²) in [6, 6.07) is 15.1. The number of non-ortho nitro benzene ring substituents is 1. The van der Waals surface area contributed by atoms with Gasteiger partial charge in [0.15, 0.2) is 11.5 Å². The molecule has 0 radical (unpaired) electrons. The van der Waals surface area contributed by atoms with E-state index in [1.165, 1.54) is 16.8 Å². The Hall–Kier alpha value is -3.57. The zero-order chi connectivity index (χ0) is 27.4. The fourth-order valence-electron chi connectivity index (χ4n) is 3.71. The number of nitro groups is 1. The van der Waals surface area contributed by atoms with E-state index in [1.807, 2.05) is 39.0 Å². The molecule has 0 saturated carbocycles. The molecule has 0 atom stereocenters. The molecule has 0 bridgehead atoms. The molecule has 0 saturated heterocycles. The van der Waals surface area contributed by atoms with Crippen molar-refractivity contribution in [2.75, 3.05) is 6.61 Å². The van der Waals surface area contributed by atoms with E-state index in [1.54, 1.807) is 30.5 Å². The van der Waals surface area contributed by atoms with Crippen molar-refractivity contribution in [1.82, 2.24) is 9.66 Å². The molecule has 0 fully saturated rings. The van der Waals surface area contributed by atoms with Crippen LogP contribution in [0.4, 0.5) is 5.69 Å². The van der Waals surface area contributed by atoms with E-state index >= 15 is 0 Å². The Morgan fingerprint density at radius 1 is 1.11 bits per heavy atom. The lowest BCUT2D eigenvalue weighted by atomic mass is 10.2. The Morgan fingerprint density at radius 3 is 2.50 bits per heavy atom. The summed E-state index contributed by atoms with van der Waals surface area (Å²) < 4.78 is 14.6. The molecule has 0 aliphatic heterocycles. The highest BCUT2D eigenvalue weighted by Gasteiger charge is 2.15. The summed E-state index contributed by atoms with van der Waals surface area (Å²) in [4.78, 5) is 28.4. The summed E-state index contributed by atoms with van der Waals surface area (Å²) in [5.41, 5.74) is 1.82. The van der Waals surface area contributed by atoms with Gasteiger partial charge in [0, 0.05) is 22.5 Å². The summed E-state index contributed by atoms with van der Waals surface area (Å²) in [7, 11) is 0. The number of benzene rings is 3. The third-order valence-corrected chi connectivity index (χ3v) is 6.62. The molecule has 4 aromatic rings. The van der Waals surface area contributed by atoms with Crippen LogP contribution in [0.2, 0.25) is 0 Å². The summed E-state index contributed by atoms with van der Waals surface area (Å²) in [5, 5.41) is 15.8. The van der Waals surface area contributed by atoms with Gasteiger partial charge in [-0.15, -0.1) is 0 Å². The number of ether oxygens (including phenoxy) is 2. The number of rotatable bonds is 9. The minimum atomic E-state index is -0.445. The highest BCUT2D eigenvalue weighted by Crippen LogP contribution is 2.37. The molecule has 3 aromatic carbocycles.